The van der Waals surface area contributed by atoms with Crippen LogP contribution in [0.5, 0.6) is 0 Å². The number of carbonyl (C=O) groups excluding carboxylic acids is 1. The molecule has 0 aliphatic heterocycles. The Morgan fingerprint density at radius 1 is 1.20 bits per heavy atom. The Bertz CT molecular complexity index is 915. The summed E-state index contributed by atoms with van der Waals surface area (Å²) in [4.78, 5) is 30.6. The van der Waals surface area contributed by atoms with Crippen LogP contribution in [0.2, 0.25) is 0 Å². The first kappa shape index (κ1) is 16.6. The van der Waals surface area contributed by atoms with E-state index in [0.29, 0.717) is 42.4 Å². The molecule has 7 nitrogen and oxygen atoms in total. The standard InChI is InChI=1S/C18H18N4O3/c1-2-14-13(8-9-16(23)20-14)17(24)19-11-10-15-21-18(25-22-15)12-6-4-3-5-7-12/h3-9H,2,10-11H2,1H3,(H,19,24)(H,20,23). The van der Waals surface area contributed by atoms with Gasteiger partial charge < -0.3 is 14.8 Å². The molecule has 0 atom stereocenters. The Morgan fingerprint density at radius 3 is 2.76 bits per heavy atom. The van der Waals surface area contributed by atoms with Crippen LogP contribution in [-0.4, -0.2) is 27.6 Å². The van der Waals surface area contributed by atoms with Crippen molar-refractivity contribution in [2.75, 3.05) is 6.54 Å². The maximum atomic E-state index is 12.3. The molecule has 0 aliphatic rings. The van der Waals surface area contributed by atoms with Crippen LogP contribution in [0.15, 0.2) is 51.8 Å². The van der Waals surface area contributed by atoms with E-state index >= 15 is 0 Å². The Hall–Kier alpha value is -3.22. The molecule has 0 saturated carbocycles. The molecule has 7 heteroatoms. The van der Waals surface area contributed by atoms with Crippen LogP contribution in [0.3, 0.4) is 0 Å². The fraction of sp³-hybridized carbons (Fsp3) is 0.222. The molecule has 0 spiro atoms. The lowest BCUT2D eigenvalue weighted by Gasteiger charge is -2.07. The summed E-state index contributed by atoms with van der Waals surface area (Å²) < 4.78 is 5.23. The van der Waals surface area contributed by atoms with Crippen molar-refractivity contribution in [2.24, 2.45) is 0 Å². The van der Waals surface area contributed by atoms with Gasteiger partial charge in [0.25, 0.3) is 11.8 Å². The van der Waals surface area contributed by atoms with E-state index in [1.807, 2.05) is 37.3 Å². The van der Waals surface area contributed by atoms with Crippen molar-refractivity contribution < 1.29 is 9.32 Å². The van der Waals surface area contributed by atoms with Gasteiger partial charge in [-0.1, -0.05) is 30.3 Å². The van der Waals surface area contributed by atoms with Gasteiger partial charge in [-0.25, -0.2) is 0 Å². The summed E-state index contributed by atoms with van der Waals surface area (Å²) in [5, 5.41) is 6.73. The summed E-state index contributed by atoms with van der Waals surface area (Å²) in [6.45, 7) is 2.25. The summed E-state index contributed by atoms with van der Waals surface area (Å²) in [6, 6.07) is 12.4. The zero-order chi connectivity index (χ0) is 17.6. The second kappa shape index (κ2) is 7.57. The third kappa shape index (κ3) is 4.00. The van der Waals surface area contributed by atoms with Crippen molar-refractivity contribution in [3.63, 3.8) is 0 Å². The first-order valence-corrected chi connectivity index (χ1v) is 8.05. The molecule has 2 heterocycles. The molecule has 0 saturated heterocycles. The molecule has 3 aromatic rings. The Labute approximate surface area is 144 Å². The van der Waals surface area contributed by atoms with E-state index in [1.165, 1.54) is 12.1 Å². The van der Waals surface area contributed by atoms with Crippen LogP contribution >= 0.6 is 0 Å². The van der Waals surface area contributed by atoms with Gasteiger partial charge >= 0.3 is 0 Å². The monoisotopic (exact) mass is 338 g/mol. The third-order valence-corrected chi connectivity index (χ3v) is 3.72. The fourth-order valence-corrected chi connectivity index (χ4v) is 2.45. The lowest BCUT2D eigenvalue weighted by atomic mass is 10.1. The molecule has 2 aromatic heterocycles. The van der Waals surface area contributed by atoms with E-state index in [9.17, 15) is 9.59 Å². The number of amides is 1. The number of hydrogen-bond acceptors (Lipinski definition) is 5. The topological polar surface area (TPSA) is 101 Å². The summed E-state index contributed by atoms with van der Waals surface area (Å²) in [6.07, 6.45) is 1.02. The SMILES string of the molecule is CCc1[nH]c(=O)ccc1C(=O)NCCc1noc(-c2ccccc2)n1. The zero-order valence-electron chi connectivity index (χ0n) is 13.8. The second-order valence-electron chi connectivity index (χ2n) is 5.46. The van der Waals surface area contributed by atoms with Crippen molar-refractivity contribution in [3.05, 3.63) is 69.9 Å². The van der Waals surface area contributed by atoms with Crippen LogP contribution in [0, 0.1) is 0 Å². The van der Waals surface area contributed by atoms with E-state index in [1.54, 1.807) is 0 Å². The van der Waals surface area contributed by atoms with Crippen LogP contribution in [0.25, 0.3) is 11.5 Å². The highest BCUT2D eigenvalue weighted by Crippen LogP contribution is 2.16. The molecule has 1 aromatic carbocycles. The minimum absolute atomic E-state index is 0.214. The molecule has 2 N–H and O–H groups in total. The third-order valence-electron chi connectivity index (χ3n) is 3.72. The highest BCUT2D eigenvalue weighted by Gasteiger charge is 2.12. The molecular formula is C18H18N4O3. The van der Waals surface area contributed by atoms with E-state index in [0.717, 1.165) is 5.56 Å². The lowest BCUT2D eigenvalue weighted by Crippen LogP contribution is -2.28. The first-order valence-electron chi connectivity index (χ1n) is 8.05. The number of aromatic amines is 1. The molecule has 0 aliphatic carbocycles. The minimum Gasteiger partial charge on any atom is -0.352 e. The Balaban J connectivity index is 1.59. The predicted molar refractivity (Wildman–Crippen MR) is 92.2 cm³/mol. The molecular weight excluding hydrogens is 320 g/mol. The number of benzene rings is 1. The second-order valence-corrected chi connectivity index (χ2v) is 5.46. The van der Waals surface area contributed by atoms with Crippen LogP contribution in [0.1, 0.15) is 28.8 Å². The summed E-state index contributed by atoms with van der Waals surface area (Å²) in [7, 11) is 0. The number of pyridine rings is 1. The number of nitrogens with one attached hydrogen (secondary N) is 2. The predicted octanol–water partition coefficient (Wildman–Crippen LogP) is 1.96. The van der Waals surface area contributed by atoms with Crippen molar-refractivity contribution >= 4 is 5.91 Å². The molecule has 3 rings (SSSR count). The van der Waals surface area contributed by atoms with Crippen LogP contribution in [0.4, 0.5) is 0 Å². The average Bonchev–Trinajstić information content (AvgIpc) is 3.11. The fourth-order valence-electron chi connectivity index (χ4n) is 2.45. The van der Waals surface area contributed by atoms with Crippen molar-refractivity contribution in [3.8, 4) is 11.5 Å². The number of aryl methyl sites for hydroxylation is 1. The molecule has 0 fully saturated rings. The normalized spacial score (nSPS) is 10.6. The van der Waals surface area contributed by atoms with Gasteiger partial charge in [0.1, 0.15) is 0 Å². The molecule has 0 bridgehead atoms. The number of H-pyrrole nitrogens is 1. The minimum atomic E-state index is -0.236. The maximum absolute atomic E-state index is 12.3. The van der Waals surface area contributed by atoms with Gasteiger partial charge in [-0.3, -0.25) is 9.59 Å². The Morgan fingerprint density at radius 2 is 2.00 bits per heavy atom. The Kier molecular flexibility index (Phi) is 5.03. The summed E-state index contributed by atoms with van der Waals surface area (Å²) in [5.74, 6) is 0.743. The molecule has 0 radical (unpaired) electrons. The average molecular weight is 338 g/mol. The summed E-state index contributed by atoms with van der Waals surface area (Å²) >= 11 is 0. The van der Waals surface area contributed by atoms with Gasteiger partial charge in [0, 0.05) is 30.3 Å². The van der Waals surface area contributed by atoms with E-state index in [2.05, 4.69) is 20.4 Å². The van der Waals surface area contributed by atoms with Gasteiger partial charge in [0.2, 0.25) is 5.56 Å². The highest BCUT2D eigenvalue weighted by atomic mass is 16.5. The van der Waals surface area contributed by atoms with E-state index < -0.39 is 0 Å². The van der Waals surface area contributed by atoms with Gasteiger partial charge in [0.15, 0.2) is 5.82 Å². The maximum Gasteiger partial charge on any atom is 0.257 e. The van der Waals surface area contributed by atoms with Crippen molar-refractivity contribution in [2.45, 2.75) is 19.8 Å². The molecule has 128 valence electrons. The molecule has 1 amide bonds. The zero-order valence-corrected chi connectivity index (χ0v) is 13.8. The van der Waals surface area contributed by atoms with Crippen molar-refractivity contribution in [1.82, 2.24) is 20.4 Å². The number of nitrogens with zero attached hydrogens (tertiary/aromatic N) is 2. The van der Waals surface area contributed by atoms with E-state index in [4.69, 9.17) is 4.52 Å². The number of carbonyl (C=O) groups is 1. The van der Waals surface area contributed by atoms with Gasteiger partial charge in [-0.2, -0.15) is 4.98 Å². The van der Waals surface area contributed by atoms with Gasteiger partial charge in [-0.05, 0) is 24.6 Å². The lowest BCUT2D eigenvalue weighted by molar-refractivity contribution is 0.0952. The smallest absolute Gasteiger partial charge is 0.257 e. The largest absolute Gasteiger partial charge is 0.352 e. The number of aromatic nitrogens is 3. The van der Waals surface area contributed by atoms with Crippen molar-refractivity contribution in [1.29, 1.82) is 0 Å². The number of rotatable bonds is 6. The molecule has 25 heavy (non-hydrogen) atoms. The first-order chi connectivity index (χ1) is 12.2. The van der Waals surface area contributed by atoms with Crippen LogP contribution in [-0.2, 0) is 12.8 Å². The molecule has 0 unspecified atom stereocenters. The number of hydrogen-bond donors (Lipinski definition) is 2. The van der Waals surface area contributed by atoms with Crippen LogP contribution < -0.4 is 10.9 Å². The van der Waals surface area contributed by atoms with Gasteiger partial charge in [0.05, 0.1) is 5.56 Å². The van der Waals surface area contributed by atoms with E-state index in [-0.39, 0.29) is 11.5 Å². The summed E-state index contributed by atoms with van der Waals surface area (Å²) in [5.41, 5.74) is 1.73. The van der Waals surface area contributed by atoms with Gasteiger partial charge in [-0.15, -0.1) is 0 Å². The highest BCUT2D eigenvalue weighted by molar-refractivity contribution is 5.95. The quantitative estimate of drug-likeness (QED) is 0.715.